The summed E-state index contributed by atoms with van der Waals surface area (Å²) in [5.74, 6) is 0. The molecule has 0 fully saturated rings. The quantitative estimate of drug-likeness (QED) is 0.813. The fourth-order valence-corrected chi connectivity index (χ4v) is 2.06. The van der Waals surface area contributed by atoms with Crippen LogP contribution in [0.4, 0.5) is 13.2 Å². The van der Waals surface area contributed by atoms with Crippen molar-refractivity contribution in [2.45, 2.75) is 6.18 Å². The monoisotopic (exact) mass is 301 g/mol. The van der Waals surface area contributed by atoms with E-state index in [9.17, 15) is 18.0 Å². The minimum atomic E-state index is -4.46. The van der Waals surface area contributed by atoms with Gasteiger partial charge in [0, 0.05) is 7.05 Å². The van der Waals surface area contributed by atoms with Crippen molar-refractivity contribution in [1.29, 1.82) is 5.26 Å². The Morgan fingerprint density at radius 1 is 1.25 bits per heavy atom. The molecule has 1 aromatic carbocycles. The van der Waals surface area contributed by atoms with Gasteiger partial charge in [-0.1, -0.05) is 11.6 Å². The molecule has 8 heteroatoms. The van der Waals surface area contributed by atoms with E-state index in [1.54, 1.807) is 6.07 Å². The van der Waals surface area contributed by atoms with Gasteiger partial charge in [0.2, 0.25) is 0 Å². The molecular weight excluding hydrogens is 295 g/mol. The Morgan fingerprint density at radius 3 is 2.20 bits per heavy atom. The summed E-state index contributed by atoms with van der Waals surface area (Å²) in [5.41, 5.74) is -1.34. The van der Waals surface area contributed by atoms with E-state index in [-0.39, 0.29) is 16.5 Å². The highest BCUT2D eigenvalue weighted by Gasteiger charge is 2.30. The first kappa shape index (κ1) is 14.2. The van der Waals surface area contributed by atoms with Crippen LogP contribution in [0.1, 0.15) is 11.3 Å². The molecule has 0 saturated carbocycles. The number of alkyl halides is 3. The van der Waals surface area contributed by atoms with Crippen LogP contribution < -0.4 is 5.69 Å². The van der Waals surface area contributed by atoms with Crippen molar-refractivity contribution in [2.75, 3.05) is 0 Å². The molecule has 0 aliphatic carbocycles. The number of hydrogen-bond donors (Lipinski definition) is 0. The molecule has 0 spiro atoms. The predicted octanol–water partition coefficient (Wildman–Crippen LogP) is 2.72. The number of nitrogens with zero attached hydrogens (tertiary/aromatic N) is 3. The SMILES string of the molecule is Cn1c(C#N)c(Cl)n(-c2ccc(C(F)(F)F)cc2)c1=O. The first-order valence-electron chi connectivity index (χ1n) is 5.32. The summed E-state index contributed by atoms with van der Waals surface area (Å²) in [6.07, 6.45) is -4.46. The lowest BCUT2D eigenvalue weighted by Crippen LogP contribution is -2.21. The van der Waals surface area contributed by atoms with Gasteiger partial charge in [-0.25, -0.2) is 9.36 Å². The molecule has 0 unspecified atom stereocenters. The highest BCUT2D eigenvalue weighted by Crippen LogP contribution is 2.30. The van der Waals surface area contributed by atoms with Crippen molar-refractivity contribution in [3.8, 4) is 11.8 Å². The Balaban J connectivity index is 2.60. The van der Waals surface area contributed by atoms with Crippen LogP contribution in [0.3, 0.4) is 0 Å². The first-order valence-corrected chi connectivity index (χ1v) is 5.70. The maximum Gasteiger partial charge on any atom is 0.416 e. The zero-order chi connectivity index (χ0) is 15.1. The summed E-state index contributed by atoms with van der Waals surface area (Å²) in [6.45, 7) is 0. The molecule has 0 aliphatic heterocycles. The number of rotatable bonds is 1. The van der Waals surface area contributed by atoms with Crippen molar-refractivity contribution in [2.24, 2.45) is 7.05 Å². The molecule has 1 aromatic heterocycles. The van der Waals surface area contributed by atoms with Gasteiger partial charge in [-0.3, -0.25) is 4.57 Å². The fourth-order valence-electron chi connectivity index (χ4n) is 1.72. The number of aromatic nitrogens is 2. The Labute approximate surface area is 116 Å². The number of benzene rings is 1. The molecule has 2 rings (SSSR count). The molecule has 0 bridgehead atoms. The second kappa shape index (κ2) is 4.72. The van der Waals surface area contributed by atoms with Gasteiger partial charge in [0.05, 0.1) is 11.3 Å². The third-order valence-corrected chi connectivity index (χ3v) is 3.11. The standard InChI is InChI=1S/C12H7ClF3N3O/c1-18-9(6-17)10(13)19(11(18)20)8-4-2-7(3-5-8)12(14,15)16/h2-5H,1H3. The van der Waals surface area contributed by atoms with Gasteiger partial charge in [-0.2, -0.15) is 18.4 Å². The van der Waals surface area contributed by atoms with Crippen LogP contribution in [-0.2, 0) is 13.2 Å². The summed E-state index contributed by atoms with van der Waals surface area (Å²) in [6, 6.07) is 5.69. The van der Waals surface area contributed by atoms with Crippen LogP contribution >= 0.6 is 11.6 Å². The summed E-state index contributed by atoms with van der Waals surface area (Å²) in [4.78, 5) is 11.9. The average molecular weight is 302 g/mol. The molecule has 0 saturated heterocycles. The van der Waals surface area contributed by atoms with Gasteiger partial charge < -0.3 is 0 Å². The highest BCUT2D eigenvalue weighted by molar-refractivity contribution is 6.30. The summed E-state index contributed by atoms with van der Waals surface area (Å²) in [5, 5.41) is 8.74. The van der Waals surface area contributed by atoms with E-state index in [0.29, 0.717) is 0 Å². The minimum absolute atomic E-state index is 0.0587. The smallest absolute Gasteiger partial charge is 0.285 e. The summed E-state index contributed by atoms with van der Waals surface area (Å²) < 4.78 is 39.4. The minimum Gasteiger partial charge on any atom is -0.285 e. The molecule has 4 nitrogen and oxygen atoms in total. The molecule has 0 amide bonds. The van der Waals surface area contributed by atoms with Crippen molar-refractivity contribution in [3.63, 3.8) is 0 Å². The molecule has 0 atom stereocenters. The highest BCUT2D eigenvalue weighted by atomic mass is 35.5. The number of imidazole rings is 1. The van der Waals surface area contributed by atoms with Gasteiger partial charge in [-0.15, -0.1) is 0 Å². The Hall–Kier alpha value is -2.20. The zero-order valence-electron chi connectivity index (χ0n) is 10.1. The number of hydrogen-bond acceptors (Lipinski definition) is 2. The van der Waals surface area contributed by atoms with Crippen LogP contribution in [0, 0.1) is 11.3 Å². The fraction of sp³-hybridized carbons (Fsp3) is 0.167. The first-order chi connectivity index (χ1) is 9.27. The van der Waals surface area contributed by atoms with Gasteiger partial charge in [0.15, 0.2) is 10.8 Å². The normalized spacial score (nSPS) is 11.4. The third kappa shape index (κ3) is 2.18. The van der Waals surface area contributed by atoms with Crippen LogP contribution in [0.25, 0.3) is 5.69 Å². The largest absolute Gasteiger partial charge is 0.416 e. The molecule has 20 heavy (non-hydrogen) atoms. The Bertz CT molecular complexity index is 750. The molecule has 0 N–H and O–H groups in total. The van der Waals surface area contributed by atoms with E-state index in [4.69, 9.17) is 16.9 Å². The van der Waals surface area contributed by atoms with Crippen LogP contribution in [0.2, 0.25) is 5.15 Å². The molecule has 2 aromatic rings. The maximum atomic E-state index is 12.5. The summed E-state index contributed by atoms with van der Waals surface area (Å²) in [7, 11) is 1.35. The van der Waals surface area contributed by atoms with E-state index in [1.807, 2.05) is 0 Å². The van der Waals surface area contributed by atoms with Crippen LogP contribution in [0.5, 0.6) is 0 Å². The second-order valence-electron chi connectivity index (χ2n) is 3.97. The number of nitriles is 1. The predicted molar refractivity (Wildman–Crippen MR) is 65.7 cm³/mol. The van der Waals surface area contributed by atoms with E-state index in [2.05, 4.69) is 0 Å². The molecule has 0 aliphatic rings. The van der Waals surface area contributed by atoms with Crippen LogP contribution in [-0.4, -0.2) is 9.13 Å². The van der Waals surface area contributed by atoms with Crippen molar-refractivity contribution >= 4 is 11.6 Å². The van der Waals surface area contributed by atoms with Crippen molar-refractivity contribution < 1.29 is 13.2 Å². The maximum absolute atomic E-state index is 12.5. The Morgan fingerprint density at radius 2 is 1.80 bits per heavy atom. The molecule has 0 radical (unpaired) electrons. The average Bonchev–Trinajstić information content (AvgIpc) is 2.59. The van der Waals surface area contributed by atoms with E-state index < -0.39 is 17.4 Å². The number of halogens is 4. The topological polar surface area (TPSA) is 50.7 Å². The van der Waals surface area contributed by atoms with Gasteiger partial charge in [0.25, 0.3) is 0 Å². The van der Waals surface area contributed by atoms with Crippen LogP contribution in [0.15, 0.2) is 29.1 Å². The summed E-state index contributed by atoms with van der Waals surface area (Å²) >= 11 is 5.90. The second-order valence-corrected chi connectivity index (χ2v) is 4.33. The van der Waals surface area contributed by atoms with E-state index in [0.717, 1.165) is 33.4 Å². The molecule has 104 valence electrons. The lowest BCUT2D eigenvalue weighted by molar-refractivity contribution is -0.137. The lowest BCUT2D eigenvalue weighted by Gasteiger charge is -2.08. The van der Waals surface area contributed by atoms with Gasteiger partial charge in [0.1, 0.15) is 6.07 Å². The van der Waals surface area contributed by atoms with E-state index >= 15 is 0 Å². The zero-order valence-corrected chi connectivity index (χ0v) is 10.8. The van der Waals surface area contributed by atoms with Gasteiger partial charge >= 0.3 is 11.9 Å². The lowest BCUT2D eigenvalue weighted by atomic mass is 10.2. The van der Waals surface area contributed by atoms with E-state index in [1.165, 1.54) is 7.05 Å². The molecule has 1 heterocycles. The van der Waals surface area contributed by atoms with Gasteiger partial charge in [-0.05, 0) is 24.3 Å². The third-order valence-electron chi connectivity index (χ3n) is 2.76. The Kier molecular flexibility index (Phi) is 3.36. The molecular formula is C12H7ClF3N3O. The van der Waals surface area contributed by atoms with Crippen molar-refractivity contribution in [3.05, 3.63) is 51.2 Å². The van der Waals surface area contributed by atoms with Crippen molar-refractivity contribution in [1.82, 2.24) is 9.13 Å².